The quantitative estimate of drug-likeness (QED) is 0.507. The topological polar surface area (TPSA) is 35.5 Å². The molecule has 0 saturated carbocycles. The molecule has 0 heterocycles. The maximum Gasteiger partial charge on any atom is 0.462 e. The molecule has 0 spiro atoms. The summed E-state index contributed by atoms with van der Waals surface area (Å²) in [6, 6.07) is 0. The molecular formula is C10H9F11O3. The van der Waals surface area contributed by atoms with Gasteiger partial charge >= 0.3 is 36.2 Å². The number of halogens is 11. The second kappa shape index (κ2) is 6.52. The zero-order chi connectivity index (χ0) is 19.8. The predicted molar refractivity (Wildman–Crippen MR) is 52.7 cm³/mol. The lowest BCUT2D eigenvalue weighted by molar-refractivity contribution is -0.475. The molecule has 144 valence electrons. The fourth-order valence-electron chi connectivity index (χ4n) is 0.956. The highest BCUT2D eigenvalue weighted by molar-refractivity contribution is 5.78. The van der Waals surface area contributed by atoms with Gasteiger partial charge in [0.25, 0.3) is 0 Å². The van der Waals surface area contributed by atoms with Crippen molar-refractivity contribution in [1.29, 1.82) is 0 Å². The van der Waals surface area contributed by atoms with Crippen molar-refractivity contribution >= 4 is 5.97 Å². The molecule has 0 unspecified atom stereocenters. The first kappa shape index (κ1) is 22.7. The van der Waals surface area contributed by atoms with Gasteiger partial charge in [0.1, 0.15) is 0 Å². The number of carbonyl (C=O) groups is 1. The molecule has 0 aliphatic heterocycles. The first-order chi connectivity index (χ1) is 10.3. The summed E-state index contributed by atoms with van der Waals surface area (Å²) in [5.74, 6) is -17.5. The summed E-state index contributed by atoms with van der Waals surface area (Å²) < 4.78 is 143. The van der Waals surface area contributed by atoms with Crippen molar-refractivity contribution in [2.24, 2.45) is 5.92 Å². The third kappa shape index (κ3) is 4.39. The average Bonchev–Trinajstić information content (AvgIpc) is 2.31. The van der Waals surface area contributed by atoms with Crippen molar-refractivity contribution in [3.05, 3.63) is 0 Å². The number of alkyl halides is 11. The first-order valence-electron chi connectivity index (χ1n) is 5.75. The SMILES string of the molecule is CC(C)COC(=O)[C@](F)(OC(F)(F)C(F)(F)C(F)(F)F)C(F)(F)F. The molecule has 0 aliphatic carbocycles. The van der Waals surface area contributed by atoms with Gasteiger partial charge in [-0.05, 0) is 5.92 Å². The lowest BCUT2D eigenvalue weighted by Gasteiger charge is -2.33. The van der Waals surface area contributed by atoms with Crippen molar-refractivity contribution in [1.82, 2.24) is 0 Å². The maximum absolute atomic E-state index is 13.6. The minimum atomic E-state index is -7.22. The van der Waals surface area contributed by atoms with E-state index in [1.807, 2.05) is 4.74 Å². The van der Waals surface area contributed by atoms with E-state index in [9.17, 15) is 53.1 Å². The standard InChI is InChI=1S/C10H9F11O3/c1-4(2)3-23-5(22)6(11,8(14,15)16)24-10(20,21)7(12,13)9(17,18)19/h4H,3H2,1-2H3/t6-/m0/s1. The van der Waals surface area contributed by atoms with E-state index in [-0.39, 0.29) is 0 Å². The lowest BCUT2D eigenvalue weighted by Crippen LogP contribution is -2.61. The van der Waals surface area contributed by atoms with Crippen LogP contribution >= 0.6 is 0 Å². The van der Waals surface area contributed by atoms with E-state index in [4.69, 9.17) is 0 Å². The van der Waals surface area contributed by atoms with Crippen LogP contribution in [0.1, 0.15) is 13.8 Å². The van der Waals surface area contributed by atoms with Crippen LogP contribution in [0.2, 0.25) is 0 Å². The summed E-state index contributed by atoms with van der Waals surface area (Å²) in [5, 5.41) is 0. The van der Waals surface area contributed by atoms with Crippen molar-refractivity contribution in [2.45, 2.75) is 44.1 Å². The van der Waals surface area contributed by atoms with Crippen molar-refractivity contribution in [3.8, 4) is 0 Å². The highest BCUT2D eigenvalue weighted by Crippen LogP contribution is 2.51. The van der Waals surface area contributed by atoms with Gasteiger partial charge in [-0.2, -0.15) is 48.3 Å². The zero-order valence-electron chi connectivity index (χ0n) is 11.7. The van der Waals surface area contributed by atoms with Crippen LogP contribution in [0.4, 0.5) is 48.3 Å². The van der Waals surface area contributed by atoms with Gasteiger partial charge in [0.2, 0.25) is 0 Å². The van der Waals surface area contributed by atoms with Gasteiger partial charge in [-0.3, -0.25) is 4.74 Å². The molecule has 0 aliphatic rings. The van der Waals surface area contributed by atoms with Crippen LogP contribution in [0.25, 0.3) is 0 Å². The molecular weight excluding hydrogens is 377 g/mol. The number of rotatable bonds is 6. The molecule has 3 nitrogen and oxygen atoms in total. The first-order valence-corrected chi connectivity index (χ1v) is 5.75. The van der Waals surface area contributed by atoms with E-state index >= 15 is 0 Å². The Morgan fingerprint density at radius 3 is 1.54 bits per heavy atom. The van der Waals surface area contributed by atoms with Crippen molar-refractivity contribution in [2.75, 3.05) is 6.61 Å². The molecule has 24 heavy (non-hydrogen) atoms. The van der Waals surface area contributed by atoms with Gasteiger partial charge in [0.05, 0.1) is 6.61 Å². The number of ether oxygens (including phenoxy) is 2. The molecule has 0 radical (unpaired) electrons. The molecule has 0 amide bonds. The van der Waals surface area contributed by atoms with Gasteiger partial charge in [-0.1, -0.05) is 13.8 Å². The smallest absolute Gasteiger partial charge is 0.461 e. The second-order valence-corrected chi connectivity index (χ2v) is 4.78. The Labute approximate surface area is 126 Å². The van der Waals surface area contributed by atoms with Gasteiger partial charge in [0.15, 0.2) is 0 Å². The van der Waals surface area contributed by atoms with Crippen LogP contribution < -0.4 is 0 Å². The van der Waals surface area contributed by atoms with Crippen LogP contribution in [0.3, 0.4) is 0 Å². The monoisotopic (exact) mass is 386 g/mol. The van der Waals surface area contributed by atoms with Crippen LogP contribution in [0.15, 0.2) is 0 Å². The largest absolute Gasteiger partial charge is 0.462 e. The number of carbonyl (C=O) groups excluding carboxylic acids is 1. The summed E-state index contributed by atoms with van der Waals surface area (Å²) in [6.45, 7) is 1.45. The Kier molecular flexibility index (Phi) is 6.15. The predicted octanol–water partition coefficient (Wildman–Crippen LogP) is 4.22. The molecule has 0 fully saturated rings. The average molecular weight is 386 g/mol. The Bertz CT molecular complexity index is 454. The minimum Gasteiger partial charge on any atom is -0.461 e. The van der Waals surface area contributed by atoms with E-state index in [2.05, 4.69) is 4.74 Å². The summed E-state index contributed by atoms with van der Waals surface area (Å²) in [7, 11) is 0. The van der Waals surface area contributed by atoms with E-state index < -0.39 is 48.7 Å². The van der Waals surface area contributed by atoms with Crippen molar-refractivity contribution in [3.63, 3.8) is 0 Å². The Morgan fingerprint density at radius 1 is 0.833 bits per heavy atom. The normalized spacial score (nSPS) is 16.9. The fraction of sp³-hybridized carbons (Fsp3) is 0.900. The summed E-state index contributed by atoms with van der Waals surface area (Å²) >= 11 is 0. The van der Waals surface area contributed by atoms with Crippen molar-refractivity contribution < 1.29 is 62.6 Å². The van der Waals surface area contributed by atoms with Gasteiger partial charge < -0.3 is 4.74 Å². The van der Waals surface area contributed by atoms with Crippen LogP contribution in [-0.2, 0) is 14.3 Å². The highest BCUT2D eigenvalue weighted by atomic mass is 19.4. The zero-order valence-corrected chi connectivity index (χ0v) is 11.7. The minimum absolute atomic E-state index is 0.747. The fourth-order valence-corrected chi connectivity index (χ4v) is 0.956. The summed E-state index contributed by atoms with van der Waals surface area (Å²) in [5.41, 5.74) is 0. The molecule has 0 aromatic heterocycles. The van der Waals surface area contributed by atoms with E-state index in [0.717, 1.165) is 0 Å². The van der Waals surface area contributed by atoms with Gasteiger partial charge in [-0.25, -0.2) is 4.79 Å². The van der Waals surface area contributed by atoms with Crippen LogP contribution in [-0.4, -0.2) is 42.8 Å². The number of hydrogen-bond acceptors (Lipinski definition) is 3. The van der Waals surface area contributed by atoms with E-state index in [1.54, 1.807) is 0 Å². The van der Waals surface area contributed by atoms with Crippen LogP contribution in [0.5, 0.6) is 0 Å². The molecule has 0 bridgehead atoms. The third-order valence-electron chi connectivity index (χ3n) is 2.17. The molecule has 0 aromatic rings. The molecule has 14 heteroatoms. The van der Waals surface area contributed by atoms with Gasteiger partial charge in [0, 0.05) is 0 Å². The highest BCUT2D eigenvalue weighted by Gasteiger charge is 2.80. The molecule has 0 saturated heterocycles. The molecule has 1 atom stereocenters. The second-order valence-electron chi connectivity index (χ2n) is 4.78. The van der Waals surface area contributed by atoms with Crippen LogP contribution in [0, 0.1) is 5.92 Å². The number of hydrogen-bond donors (Lipinski definition) is 0. The Morgan fingerprint density at radius 2 is 1.25 bits per heavy atom. The van der Waals surface area contributed by atoms with Gasteiger partial charge in [-0.15, -0.1) is 0 Å². The summed E-state index contributed by atoms with van der Waals surface area (Å²) in [4.78, 5) is 11.0. The maximum atomic E-state index is 13.6. The van der Waals surface area contributed by atoms with E-state index in [1.165, 1.54) is 13.8 Å². The number of esters is 1. The molecule has 0 aromatic carbocycles. The Balaban J connectivity index is 5.78. The molecule has 0 rings (SSSR count). The lowest BCUT2D eigenvalue weighted by atomic mass is 10.2. The Hall–Kier alpha value is -1.34. The molecule has 0 N–H and O–H groups in total. The van der Waals surface area contributed by atoms with E-state index in [0.29, 0.717) is 0 Å². The third-order valence-corrected chi connectivity index (χ3v) is 2.17. The summed E-state index contributed by atoms with van der Waals surface area (Å²) in [6.07, 6.45) is -20.9.